The van der Waals surface area contributed by atoms with Gasteiger partial charge in [0, 0.05) is 23.1 Å². The molecule has 0 saturated carbocycles. The number of hydrogen-bond donors (Lipinski definition) is 2. The van der Waals surface area contributed by atoms with Crippen molar-refractivity contribution >= 4 is 11.9 Å². The van der Waals surface area contributed by atoms with Gasteiger partial charge in [0.1, 0.15) is 12.2 Å². The van der Waals surface area contributed by atoms with Gasteiger partial charge in [0.2, 0.25) is 5.79 Å². The Hall–Kier alpha value is -2.22. The van der Waals surface area contributed by atoms with Crippen LogP contribution < -0.4 is 0 Å². The second-order valence-corrected chi connectivity index (χ2v) is 7.34. The summed E-state index contributed by atoms with van der Waals surface area (Å²) in [4.78, 5) is 24.5. The van der Waals surface area contributed by atoms with Crippen LogP contribution in [0.3, 0.4) is 0 Å². The van der Waals surface area contributed by atoms with Crippen LogP contribution in [-0.2, 0) is 23.8 Å². The molecule has 5 atom stereocenters. The number of fused-ring (bicyclic) bond motifs is 3. The maximum Gasteiger partial charge on any atom is 0.334 e. The second kappa shape index (κ2) is 6.74. The molecular weight excluding hydrogens is 352 g/mol. The van der Waals surface area contributed by atoms with E-state index in [1.807, 2.05) is 0 Å². The van der Waals surface area contributed by atoms with Crippen molar-refractivity contribution in [3.05, 3.63) is 47.6 Å². The molecular formula is C20H24O7. The number of carbonyl (C=O) groups excluding carboxylic acids is 2. The lowest BCUT2D eigenvalue weighted by Gasteiger charge is -2.33. The summed E-state index contributed by atoms with van der Waals surface area (Å²) in [7, 11) is 0. The van der Waals surface area contributed by atoms with E-state index in [1.54, 1.807) is 32.9 Å². The molecule has 0 aliphatic carbocycles. The molecule has 1 fully saturated rings. The van der Waals surface area contributed by atoms with Gasteiger partial charge in [0.05, 0.1) is 18.1 Å². The second-order valence-electron chi connectivity index (χ2n) is 7.34. The van der Waals surface area contributed by atoms with E-state index in [4.69, 9.17) is 14.2 Å². The van der Waals surface area contributed by atoms with Crippen molar-refractivity contribution in [2.75, 3.05) is 6.61 Å². The lowest BCUT2D eigenvalue weighted by Crippen LogP contribution is -2.41. The molecule has 0 unspecified atom stereocenters. The summed E-state index contributed by atoms with van der Waals surface area (Å²) in [5.41, 5.74) is -0.213. The van der Waals surface area contributed by atoms with Gasteiger partial charge in [-0.3, -0.25) is 0 Å². The van der Waals surface area contributed by atoms with E-state index in [9.17, 15) is 19.8 Å². The fraction of sp³-hybridized carbons (Fsp3) is 0.500. The van der Waals surface area contributed by atoms with Gasteiger partial charge in [0.15, 0.2) is 0 Å². The average molecular weight is 376 g/mol. The molecule has 7 heteroatoms. The minimum atomic E-state index is -1.82. The highest BCUT2D eigenvalue weighted by molar-refractivity contribution is 5.92. The SMILES string of the molecule is C=C1C(=O)O[C@@H]2/C=C(/CO)[C@]3(O)C=C[C@](C)(C[C@@H](OC(=O)/C(C)=C\C)[C@@H]12)O3. The van der Waals surface area contributed by atoms with Crippen LogP contribution >= 0.6 is 0 Å². The van der Waals surface area contributed by atoms with Gasteiger partial charge >= 0.3 is 11.9 Å². The summed E-state index contributed by atoms with van der Waals surface area (Å²) in [5, 5.41) is 20.5. The normalized spacial score (nSPS) is 40.4. The topological polar surface area (TPSA) is 102 Å². The number of carbonyl (C=O) groups is 2. The van der Waals surface area contributed by atoms with Crippen molar-refractivity contribution in [2.24, 2.45) is 5.92 Å². The standard InChI is InChI=1S/C20H24O7/c1-5-11(2)17(22)26-15-9-19(4)6-7-20(24,27-19)13(10-21)8-14-16(15)12(3)18(23)25-14/h5-8,14-16,21,24H,3,9-10H2,1-2,4H3/b11-5-,13-8-/t14-,15-,16+,19-,20+/m1/s1. The number of allylic oxidation sites excluding steroid dienone is 1. The minimum Gasteiger partial charge on any atom is -0.458 e. The van der Waals surface area contributed by atoms with Gasteiger partial charge < -0.3 is 24.4 Å². The Morgan fingerprint density at radius 3 is 2.81 bits per heavy atom. The van der Waals surface area contributed by atoms with Crippen LogP contribution in [-0.4, -0.2) is 52.4 Å². The van der Waals surface area contributed by atoms with E-state index in [-0.39, 0.29) is 17.6 Å². The zero-order valence-electron chi connectivity index (χ0n) is 15.6. The van der Waals surface area contributed by atoms with Crippen LogP contribution in [0.4, 0.5) is 0 Å². The Labute approximate surface area is 157 Å². The van der Waals surface area contributed by atoms with E-state index in [2.05, 4.69) is 6.58 Å². The molecule has 2 N–H and O–H groups in total. The molecule has 0 amide bonds. The molecule has 3 aliphatic heterocycles. The summed E-state index contributed by atoms with van der Waals surface area (Å²) in [6, 6.07) is 0. The van der Waals surface area contributed by atoms with Crippen molar-refractivity contribution in [2.45, 2.75) is 50.8 Å². The average Bonchev–Trinajstić information content (AvgIpc) is 3.08. The molecule has 0 aromatic carbocycles. The minimum absolute atomic E-state index is 0.150. The zero-order valence-corrected chi connectivity index (χ0v) is 15.6. The Bertz CT molecular complexity index is 777. The molecule has 0 aromatic heterocycles. The van der Waals surface area contributed by atoms with Crippen molar-refractivity contribution in [3.63, 3.8) is 0 Å². The number of ether oxygens (including phenoxy) is 3. The third-order valence-electron chi connectivity index (χ3n) is 5.33. The Morgan fingerprint density at radius 2 is 2.19 bits per heavy atom. The van der Waals surface area contributed by atoms with Gasteiger partial charge in [-0.15, -0.1) is 0 Å². The van der Waals surface area contributed by atoms with Crippen LogP contribution in [0.2, 0.25) is 0 Å². The van der Waals surface area contributed by atoms with Crippen molar-refractivity contribution < 1.29 is 34.0 Å². The number of hydrogen-bond acceptors (Lipinski definition) is 7. The summed E-state index contributed by atoms with van der Waals surface area (Å²) in [6.45, 7) is 8.41. The van der Waals surface area contributed by atoms with Crippen LogP contribution in [0.5, 0.6) is 0 Å². The molecule has 0 aromatic rings. The van der Waals surface area contributed by atoms with Crippen molar-refractivity contribution in [3.8, 4) is 0 Å². The van der Waals surface area contributed by atoms with Crippen molar-refractivity contribution in [1.82, 2.24) is 0 Å². The molecule has 0 spiro atoms. The van der Waals surface area contributed by atoms with E-state index in [1.165, 1.54) is 12.2 Å². The summed E-state index contributed by atoms with van der Waals surface area (Å²) < 4.78 is 16.9. The first-order valence-electron chi connectivity index (χ1n) is 8.81. The highest BCUT2D eigenvalue weighted by Crippen LogP contribution is 2.44. The van der Waals surface area contributed by atoms with Crippen LogP contribution in [0.1, 0.15) is 27.2 Å². The number of aliphatic hydroxyl groups is 2. The van der Waals surface area contributed by atoms with E-state index in [0.717, 1.165) is 0 Å². The van der Waals surface area contributed by atoms with Gasteiger partial charge in [-0.2, -0.15) is 0 Å². The smallest absolute Gasteiger partial charge is 0.334 e. The predicted molar refractivity (Wildman–Crippen MR) is 95.2 cm³/mol. The first-order valence-corrected chi connectivity index (χ1v) is 8.81. The molecule has 3 aliphatic rings. The molecule has 2 bridgehead atoms. The maximum atomic E-state index is 12.4. The fourth-order valence-electron chi connectivity index (χ4n) is 3.65. The quantitative estimate of drug-likeness (QED) is 0.435. The summed E-state index contributed by atoms with van der Waals surface area (Å²) in [5.74, 6) is -3.58. The number of esters is 2. The molecule has 3 heterocycles. The predicted octanol–water partition coefficient (Wildman–Crippen LogP) is 1.32. The summed E-state index contributed by atoms with van der Waals surface area (Å²) >= 11 is 0. The number of aliphatic hydroxyl groups excluding tert-OH is 1. The monoisotopic (exact) mass is 376 g/mol. The Morgan fingerprint density at radius 1 is 1.48 bits per heavy atom. The molecule has 1 saturated heterocycles. The fourth-order valence-corrected chi connectivity index (χ4v) is 3.65. The lowest BCUT2D eigenvalue weighted by atomic mass is 9.83. The molecule has 27 heavy (non-hydrogen) atoms. The van der Waals surface area contributed by atoms with Crippen LogP contribution in [0.15, 0.2) is 47.6 Å². The summed E-state index contributed by atoms with van der Waals surface area (Å²) in [6.07, 6.45) is 4.76. The van der Waals surface area contributed by atoms with Crippen LogP contribution in [0, 0.1) is 5.92 Å². The zero-order chi connectivity index (χ0) is 20.0. The van der Waals surface area contributed by atoms with Crippen LogP contribution in [0.25, 0.3) is 0 Å². The number of rotatable bonds is 3. The Balaban J connectivity index is 2.07. The van der Waals surface area contributed by atoms with Gasteiger partial charge in [0.25, 0.3) is 0 Å². The van der Waals surface area contributed by atoms with E-state index in [0.29, 0.717) is 5.57 Å². The third-order valence-corrected chi connectivity index (χ3v) is 5.33. The lowest BCUT2D eigenvalue weighted by molar-refractivity contribution is -0.191. The molecule has 7 nitrogen and oxygen atoms in total. The first kappa shape index (κ1) is 19.5. The van der Waals surface area contributed by atoms with Gasteiger partial charge in [-0.1, -0.05) is 18.7 Å². The molecule has 3 rings (SSSR count). The third kappa shape index (κ3) is 3.38. The Kier molecular flexibility index (Phi) is 4.88. The van der Waals surface area contributed by atoms with Gasteiger partial charge in [-0.25, -0.2) is 9.59 Å². The highest BCUT2D eigenvalue weighted by atomic mass is 16.6. The highest BCUT2D eigenvalue weighted by Gasteiger charge is 2.52. The maximum absolute atomic E-state index is 12.4. The van der Waals surface area contributed by atoms with E-state index >= 15 is 0 Å². The molecule has 146 valence electrons. The van der Waals surface area contributed by atoms with Gasteiger partial charge in [-0.05, 0) is 32.9 Å². The van der Waals surface area contributed by atoms with E-state index < -0.39 is 48.1 Å². The molecule has 0 radical (unpaired) electrons. The largest absolute Gasteiger partial charge is 0.458 e. The first-order chi connectivity index (χ1) is 12.6. The van der Waals surface area contributed by atoms with Crippen molar-refractivity contribution in [1.29, 1.82) is 0 Å².